The van der Waals surface area contributed by atoms with Gasteiger partial charge in [-0.25, -0.2) is 0 Å². The molecule has 0 spiro atoms. The number of amides is 1. The van der Waals surface area contributed by atoms with Crippen LogP contribution in [0.2, 0.25) is 0 Å². The summed E-state index contributed by atoms with van der Waals surface area (Å²) in [4.78, 5) is 27.9. The number of nitrogens with one attached hydrogen (secondary N) is 2. The smallest absolute Gasteiger partial charge is 0.304 e. The predicted molar refractivity (Wildman–Crippen MR) is 134 cm³/mol. The van der Waals surface area contributed by atoms with E-state index in [-0.39, 0.29) is 31.3 Å². The van der Waals surface area contributed by atoms with Gasteiger partial charge in [0.2, 0.25) is 5.91 Å². The molecule has 35 heavy (non-hydrogen) atoms. The molecule has 0 saturated carbocycles. The number of aromatic nitrogens is 1. The number of oxazole rings is 1. The van der Waals surface area contributed by atoms with Crippen molar-refractivity contribution in [1.29, 1.82) is 0 Å². The summed E-state index contributed by atoms with van der Waals surface area (Å²) >= 11 is 0. The van der Waals surface area contributed by atoms with Crippen molar-refractivity contribution in [2.75, 3.05) is 17.2 Å². The summed E-state index contributed by atoms with van der Waals surface area (Å²) in [7, 11) is 0. The predicted octanol–water partition coefficient (Wildman–Crippen LogP) is 5.41. The summed E-state index contributed by atoms with van der Waals surface area (Å²) in [6.45, 7) is 3.83. The largest absolute Gasteiger partial charge is 0.493 e. The highest BCUT2D eigenvalue weighted by atomic mass is 16.5. The average molecular weight is 472 g/mol. The van der Waals surface area contributed by atoms with Crippen LogP contribution < -0.4 is 15.4 Å². The maximum atomic E-state index is 12.6. The second-order valence-corrected chi connectivity index (χ2v) is 7.97. The molecule has 8 nitrogen and oxygen atoms in total. The van der Waals surface area contributed by atoms with E-state index in [1.807, 2.05) is 42.5 Å². The normalized spacial score (nSPS) is 11.5. The highest BCUT2D eigenvalue weighted by Crippen LogP contribution is 2.24. The first-order chi connectivity index (χ1) is 17.0. The zero-order valence-corrected chi connectivity index (χ0v) is 18.9. The molecule has 0 aliphatic carbocycles. The average Bonchev–Trinajstić information content (AvgIpc) is 3.23. The van der Waals surface area contributed by atoms with Crippen LogP contribution in [0.25, 0.3) is 11.1 Å². The van der Waals surface area contributed by atoms with Gasteiger partial charge in [-0.15, -0.1) is 6.58 Å². The topological polar surface area (TPSA) is 114 Å². The Morgan fingerprint density at radius 1 is 1.06 bits per heavy atom. The van der Waals surface area contributed by atoms with Gasteiger partial charge in [0.1, 0.15) is 11.3 Å². The highest BCUT2D eigenvalue weighted by Gasteiger charge is 2.12. The Bertz CT molecular complexity index is 1330. The van der Waals surface area contributed by atoms with Gasteiger partial charge in [0, 0.05) is 23.4 Å². The summed E-state index contributed by atoms with van der Waals surface area (Å²) in [5.41, 5.74) is 3.51. The van der Waals surface area contributed by atoms with Gasteiger partial charge in [-0.05, 0) is 42.0 Å². The molecule has 4 rings (SSSR count). The molecular weight excluding hydrogens is 446 g/mol. The zero-order chi connectivity index (χ0) is 24.6. The molecule has 1 aromatic heterocycles. The molecule has 8 heteroatoms. The number of aliphatic carboxylic acids is 1. The number of ether oxygens (including phenoxy) is 1. The Kier molecular flexibility index (Phi) is 7.42. The summed E-state index contributed by atoms with van der Waals surface area (Å²) in [5.74, 6) is -0.882. The Morgan fingerprint density at radius 2 is 1.86 bits per heavy atom. The van der Waals surface area contributed by atoms with E-state index in [2.05, 4.69) is 22.2 Å². The van der Waals surface area contributed by atoms with E-state index in [0.29, 0.717) is 28.6 Å². The van der Waals surface area contributed by atoms with Crippen molar-refractivity contribution in [2.24, 2.45) is 5.92 Å². The second kappa shape index (κ2) is 11.0. The lowest BCUT2D eigenvalue weighted by molar-refractivity contribution is -0.138. The van der Waals surface area contributed by atoms with Crippen LogP contribution in [0.1, 0.15) is 12.0 Å². The molecule has 4 aromatic rings. The number of carbonyl (C=O) groups excluding carboxylic acids is 1. The number of hydrogen-bond acceptors (Lipinski definition) is 6. The second-order valence-electron chi connectivity index (χ2n) is 7.97. The third kappa shape index (κ3) is 6.70. The van der Waals surface area contributed by atoms with Crippen molar-refractivity contribution >= 4 is 40.4 Å². The molecule has 1 atom stereocenters. The maximum Gasteiger partial charge on any atom is 0.304 e. The van der Waals surface area contributed by atoms with Gasteiger partial charge in [-0.1, -0.05) is 36.4 Å². The summed E-state index contributed by atoms with van der Waals surface area (Å²) in [6, 6.07) is 22.4. The van der Waals surface area contributed by atoms with Gasteiger partial charge in [0.15, 0.2) is 5.58 Å². The zero-order valence-electron chi connectivity index (χ0n) is 18.9. The molecule has 178 valence electrons. The summed E-state index contributed by atoms with van der Waals surface area (Å²) in [5, 5.41) is 14.9. The molecule has 0 saturated heterocycles. The van der Waals surface area contributed by atoms with Crippen LogP contribution in [0.3, 0.4) is 0 Å². The molecular formula is C27H25N3O5. The lowest BCUT2D eigenvalue weighted by atomic mass is 10.1. The number of nitrogens with zero attached hydrogens (tertiary/aromatic N) is 1. The molecule has 1 unspecified atom stereocenters. The lowest BCUT2D eigenvalue weighted by Crippen LogP contribution is -2.15. The SMILES string of the molecule is C=CC(COc1cccc(NC(=O)Cc2ccc3nc(Nc4ccccc4)oc3c2)c1)CC(=O)O. The summed E-state index contributed by atoms with van der Waals surface area (Å²) < 4.78 is 11.5. The minimum atomic E-state index is -0.910. The Hall–Kier alpha value is -4.59. The number of anilines is 3. The van der Waals surface area contributed by atoms with E-state index in [0.717, 1.165) is 11.3 Å². The maximum absolute atomic E-state index is 12.6. The fraction of sp³-hybridized carbons (Fsp3) is 0.148. The van der Waals surface area contributed by atoms with Crippen molar-refractivity contribution in [3.8, 4) is 5.75 Å². The first-order valence-corrected chi connectivity index (χ1v) is 11.1. The molecule has 3 aromatic carbocycles. The number of fused-ring (bicyclic) bond motifs is 1. The molecule has 1 amide bonds. The molecule has 0 aliphatic heterocycles. The van der Waals surface area contributed by atoms with E-state index in [1.165, 1.54) is 0 Å². The van der Waals surface area contributed by atoms with E-state index in [4.69, 9.17) is 14.3 Å². The highest BCUT2D eigenvalue weighted by molar-refractivity contribution is 5.93. The fourth-order valence-corrected chi connectivity index (χ4v) is 3.47. The van der Waals surface area contributed by atoms with E-state index < -0.39 is 5.97 Å². The number of carbonyl (C=O) groups is 2. The van der Waals surface area contributed by atoms with Crippen molar-refractivity contribution < 1.29 is 23.8 Å². The van der Waals surface area contributed by atoms with Gasteiger partial charge in [0.25, 0.3) is 6.01 Å². The van der Waals surface area contributed by atoms with Gasteiger partial charge >= 0.3 is 5.97 Å². The van der Waals surface area contributed by atoms with Crippen LogP contribution in [0.15, 0.2) is 89.9 Å². The Balaban J connectivity index is 1.35. The van der Waals surface area contributed by atoms with Gasteiger partial charge < -0.3 is 24.9 Å². The summed E-state index contributed by atoms with van der Waals surface area (Å²) in [6.07, 6.45) is 1.66. The Morgan fingerprint density at radius 3 is 2.63 bits per heavy atom. The molecule has 0 radical (unpaired) electrons. The molecule has 1 heterocycles. The Labute approximate surface area is 202 Å². The van der Waals surface area contributed by atoms with Crippen molar-refractivity contribution in [2.45, 2.75) is 12.8 Å². The number of carboxylic acids is 1. The standard InChI is InChI=1S/C27H25N3O5/c1-2-18(15-26(32)33)17-34-22-10-6-9-21(16-22)28-25(31)14-19-11-12-23-24(13-19)35-27(30-23)29-20-7-4-3-5-8-20/h2-13,16,18H,1,14-15,17H2,(H,28,31)(H,29,30)(H,32,33). The third-order valence-corrected chi connectivity index (χ3v) is 5.19. The monoisotopic (exact) mass is 471 g/mol. The number of rotatable bonds is 11. The number of hydrogen-bond donors (Lipinski definition) is 3. The minimum Gasteiger partial charge on any atom is -0.493 e. The van der Waals surface area contributed by atoms with Crippen molar-refractivity contribution in [3.63, 3.8) is 0 Å². The first kappa shape index (κ1) is 23.6. The van der Waals surface area contributed by atoms with Crippen molar-refractivity contribution in [3.05, 3.63) is 91.0 Å². The molecule has 0 fully saturated rings. The number of benzene rings is 3. The van der Waals surface area contributed by atoms with Crippen molar-refractivity contribution in [1.82, 2.24) is 4.98 Å². The molecule has 3 N–H and O–H groups in total. The first-order valence-electron chi connectivity index (χ1n) is 11.1. The third-order valence-electron chi connectivity index (χ3n) is 5.19. The van der Waals surface area contributed by atoms with Gasteiger partial charge in [0.05, 0.1) is 19.4 Å². The number of carboxylic acid groups (broad SMARTS) is 1. The van der Waals surface area contributed by atoms with Crippen LogP contribution in [0, 0.1) is 5.92 Å². The van der Waals surface area contributed by atoms with Gasteiger partial charge in [-0.3, -0.25) is 9.59 Å². The van der Waals surface area contributed by atoms with Crippen LogP contribution in [-0.2, 0) is 16.0 Å². The van der Waals surface area contributed by atoms with E-state index in [1.54, 1.807) is 36.4 Å². The van der Waals surface area contributed by atoms with Crippen LogP contribution in [0.4, 0.5) is 17.4 Å². The van der Waals surface area contributed by atoms with Gasteiger partial charge in [-0.2, -0.15) is 4.98 Å². The van der Waals surface area contributed by atoms with Crippen LogP contribution in [0.5, 0.6) is 5.75 Å². The van der Waals surface area contributed by atoms with Crippen LogP contribution in [-0.4, -0.2) is 28.6 Å². The lowest BCUT2D eigenvalue weighted by Gasteiger charge is -2.13. The van der Waals surface area contributed by atoms with Crippen LogP contribution >= 0.6 is 0 Å². The van der Waals surface area contributed by atoms with E-state index in [9.17, 15) is 9.59 Å². The number of para-hydroxylation sites is 1. The fourth-order valence-electron chi connectivity index (χ4n) is 3.47. The van der Waals surface area contributed by atoms with E-state index >= 15 is 0 Å². The molecule has 0 aliphatic rings. The minimum absolute atomic E-state index is 0.0563. The quantitative estimate of drug-likeness (QED) is 0.251. The molecule has 0 bridgehead atoms.